The van der Waals surface area contributed by atoms with Crippen molar-refractivity contribution < 1.29 is 71.5 Å². The third kappa shape index (κ3) is 8.82. The maximum Gasteiger partial charge on any atom is 1.00 e. The van der Waals surface area contributed by atoms with Crippen molar-refractivity contribution in [3.05, 3.63) is 106 Å². The van der Waals surface area contributed by atoms with Gasteiger partial charge in [-0.3, -0.25) is 0 Å². The van der Waals surface area contributed by atoms with Crippen LogP contribution in [0, 0.1) is 0 Å². The SMILES string of the molecule is C[Si](C)([NH2+]C1CCCc2ccccc21)C([Si](C)(C)[NH2+]C1CCCc2ccccc21)[Si](C)(C)[NH2+]C1CCCc2ccccc21.[Li+].[Li+].[Li+]. The fourth-order valence-electron chi connectivity index (χ4n) is 10.6. The van der Waals surface area contributed by atoms with E-state index in [1.165, 1.54) is 57.8 Å². The van der Waals surface area contributed by atoms with E-state index in [1.807, 2.05) is 0 Å². The molecule has 3 unspecified atom stereocenters. The van der Waals surface area contributed by atoms with Crippen molar-refractivity contribution in [2.24, 2.45) is 0 Å². The summed E-state index contributed by atoms with van der Waals surface area (Å²) >= 11 is 0. The second-order valence-corrected chi connectivity index (χ2v) is 31.4. The Morgan fingerprint density at radius 3 is 1.00 bits per heavy atom. The summed E-state index contributed by atoms with van der Waals surface area (Å²) < 4.78 is 0. The zero-order valence-electron chi connectivity index (χ0n) is 30.8. The molecule has 0 saturated heterocycles. The van der Waals surface area contributed by atoms with E-state index in [9.17, 15) is 0 Å². The molecular weight excluding hydrogens is 592 g/mol. The van der Waals surface area contributed by atoms with Gasteiger partial charge in [-0.2, -0.15) is 0 Å². The summed E-state index contributed by atoms with van der Waals surface area (Å²) in [6.45, 7) is 16.7. The van der Waals surface area contributed by atoms with Crippen LogP contribution in [0.3, 0.4) is 0 Å². The van der Waals surface area contributed by atoms with Crippen LogP contribution in [0.1, 0.15) is 90.0 Å². The summed E-state index contributed by atoms with van der Waals surface area (Å²) in [7, 11) is -5.33. The molecule has 0 saturated carbocycles. The zero-order valence-corrected chi connectivity index (χ0v) is 33.8. The van der Waals surface area contributed by atoms with Gasteiger partial charge in [0.1, 0.15) is 4.79 Å². The van der Waals surface area contributed by atoms with Crippen LogP contribution in [0.4, 0.5) is 0 Å². The van der Waals surface area contributed by atoms with Crippen LogP contribution in [-0.4, -0.2) is 24.7 Å². The van der Waals surface area contributed by atoms with Crippen molar-refractivity contribution >= 4 is 24.7 Å². The van der Waals surface area contributed by atoms with Crippen LogP contribution in [-0.2, 0) is 19.3 Å². The van der Waals surface area contributed by atoms with E-state index in [4.69, 9.17) is 0 Å². The molecule has 0 amide bonds. The molecular formula is C37H58Li3N3Si3+6. The van der Waals surface area contributed by atoms with Gasteiger partial charge in [-0.05, 0) is 94.5 Å². The number of hydrogen-bond donors (Lipinski definition) is 3. The Balaban J connectivity index is 0.00000192. The molecule has 230 valence electrons. The van der Waals surface area contributed by atoms with Crippen molar-refractivity contribution in [1.29, 1.82) is 0 Å². The smallest absolute Gasteiger partial charge is 0.399 e. The van der Waals surface area contributed by atoms with E-state index >= 15 is 0 Å². The molecule has 0 spiro atoms. The average molecular weight is 650 g/mol. The second kappa shape index (κ2) is 16.8. The number of aryl methyl sites for hydroxylation is 3. The molecule has 0 fully saturated rings. The Hall–Kier alpha value is -0.0171. The van der Waals surface area contributed by atoms with Crippen LogP contribution >= 0.6 is 0 Å². The van der Waals surface area contributed by atoms with Gasteiger partial charge >= 0.3 is 56.6 Å². The van der Waals surface area contributed by atoms with Gasteiger partial charge in [-0.25, -0.2) is 0 Å². The molecule has 0 aliphatic heterocycles. The summed E-state index contributed by atoms with van der Waals surface area (Å²) in [6, 6.07) is 30.1. The second-order valence-electron chi connectivity index (χ2n) is 16.0. The van der Waals surface area contributed by atoms with Gasteiger partial charge in [0.05, 0.1) is 18.1 Å². The molecule has 6 N–H and O–H groups in total. The molecule has 6 rings (SSSR count). The summed E-state index contributed by atoms with van der Waals surface area (Å²) in [4.78, 5) is 9.88. The third-order valence-electron chi connectivity index (χ3n) is 11.4. The van der Waals surface area contributed by atoms with Gasteiger partial charge in [0.2, 0.25) is 0 Å². The van der Waals surface area contributed by atoms with Crippen LogP contribution in [0.25, 0.3) is 0 Å². The number of fused-ring (bicyclic) bond motifs is 3. The first-order valence-corrected chi connectivity index (χ1v) is 26.8. The Morgan fingerprint density at radius 2 is 0.717 bits per heavy atom. The molecule has 3 aliphatic rings. The molecule has 46 heavy (non-hydrogen) atoms. The quantitative estimate of drug-likeness (QED) is 0.207. The molecule has 3 aromatic carbocycles. The number of rotatable bonds is 9. The molecule has 3 aromatic rings. The molecule has 0 radical (unpaired) electrons. The first-order valence-electron chi connectivity index (χ1n) is 17.4. The van der Waals surface area contributed by atoms with Crippen LogP contribution in [0.5, 0.6) is 0 Å². The van der Waals surface area contributed by atoms with E-state index in [-0.39, 0.29) is 56.6 Å². The molecule has 0 bridgehead atoms. The largest absolute Gasteiger partial charge is 1.00 e. The number of quaternary nitrogens is 3. The van der Waals surface area contributed by atoms with Crippen LogP contribution < -0.4 is 71.5 Å². The van der Waals surface area contributed by atoms with E-state index in [1.54, 1.807) is 33.4 Å². The maximum absolute atomic E-state index is 3.00. The van der Waals surface area contributed by atoms with Crippen molar-refractivity contribution in [3.8, 4) is 0 Å². The molecule has 0 aromatic heterocycles. The third-order valence-corrected chi connectivity index (χ3v) is 33.0. The zero-order chi connectivity index (χ0) is 30.2. The summed E-state index contributed by atoms with van der Waals surface area (Å²) in [6.07, 6.45) is 11.8. The van der Waals surface area contributed by atoms with Crippen molar-refractivity contribution in [2.75, 3.05) is 0 Å². The molecule has 9 heteroatoms. The normalized spacial score (nSPS) is 21.7. The van der Waals surface area contributed by atoms with Gasteiger partial charge in [-0.15, -0.1) is 0 Å². The van der Waals surface area contributed by atoms with E-state index in [0.29, 0.717) is 18.1 Å². The van der Waals surface area contributed by atoms with Crippen molar-refractivity contribution in [2.45, 2.75) is 120 Å². The Kier molecular flexibility index (Phi) is 14.8. The minimum absolute atomic E-state index is 0. The predicted octanol–water partition coefficient (Wildman–Crippen LogP) is -3.01. The number of hydrogen-bond acceptors (Lipinski definition) is 0. The molecule has 3 nitrogen and oxygen atoms in total. The molecule has 3 atom stereocenters. The summed E-state index contributed by atoms with van der Waals surface area (Å²) in [5, 5.41) is 0. The average Bonchev–Trinajstić information content (AvgIpc) is 2.97. The summed E-state index contributed by atoms with van der Waals surface area (Å²) in [5.74, 6) is 0. The molecule has 3 aliphatic carbocycles. The number of nitrogens with two attached hydrogens (primary N) is 3. The Labute approximate surface area is 319 Å². The fraction of sp³-hybridized carbons (Fsp3) is 0.514. The Morgan fingerprint density at radius 1 is 0.457 bits per heavy atom. The minimum Gasteiger partial charge on any atom is -0.399 e. The van der Waals surface area contributed by atoms with Gasteiger partial charge in [0, 0.05) is 36.0 Å². The maximum atomic E-state index is 3.00. The van der Waals surface area contributed by atoms with Crippen molar-refractivity contribution in [3.63, 3.8) is 0 Å². The van der Waals surface area contributed by atoms with Gasteiger partial charge in [-0.1, -0.05) is 72.8 Å². The van der Waals surface area contributed by atoms with E-state index in [0.717, 1.165) is 4.79 Å². The number of benzene rings is 3. The monoisotopic (exact) mass is 649 g/mol. The van der Waals surface area contributed by atoms with Crippen LogP contribution in [0.2, 0.25) is 44.1 Å². The van der Waals surface area contributed by atoms with Gasteiger partial charge < -0.3 is 14.9 Å². The fourth-order valence-corrected chi connectivity index (χ4v) is 40.1. The first kappa shape index (κ1) is 40.4. The predicted molar refractivity (Wildman–Crippen MR) is 188 cm³/mol. The van der Waals surface area contributed by atoms with Gasteiger partial charge in [0.25, 0.3) is 24.7 Å². The minimum atomic E-state index is -1.78. The van der Waals surface area contributed by atoms with Crippen LogP contribution in [0.15, 0.2) is 72.8 Å². The van der Waals surface area contributed by atoms with E-state index in [2.05, 4.69) is 127 Å². The Bertz CT molecular complexity index is 1260. The summed E-state index contributed by atoms with van der Waals surface area (Å²) in [5.41, 5.74) is 9.76. The van der Waals surface area contributed by atoms with Gasteiger partial charge in [0.15, 0.2) is 0 Å². The van der Waals surface area contributed by atoms with E-state index < -0.39 is 24.7 Å². The topological polar surface area (TPSA) is 49.8 Å². The first-order chi connectivity index (χ1) is 20.6. The standard InChI is InChI=1S/C37H55N3Si3.3Li/c1-41(2,38-34-25-13-19-28-16-7-10-22-31(28)34)37(42(3,4)39-35-26-14-20-29-17-8-11-23-32(29)35)43(5,6)40-36-27-15-21-30-18-9-12-24-33(30)36;;;/h7-12,16-18,22-24,34-40H,13-15,19-21,25-27H2,1-6H3;;;/q;3*+1/p+3. The molecule has 0 heterocycles. The van der Waals surface area contributed by atoms with Crippen molar-refractivity contribution in [1.82, 2.24) is 0 Å².